The third-order valence-corrected chi connectivity index (χ3v) is 6.07. The highest BCUT2D eigenvalue weighted by atomic mass is 16.5. The van der Waals surface area contributed by atoms with Crippen LogP contribution >= 0.6 is 0 Å². The van der Waals surface area contributed by atoms with E-state index in [1.165, 1.54) is 12.0 Å². The van der Waals surface area contributed by atoms with Gasteiger partial charge in [0.25, 0.3) is 5.91 Å². The minimum atomic E-state index is -0.665. The van der Waals surface area contributed by atoms with Gasteiger partial charge < -0.3 is 24.4 Å². The zero-order valence-electron chi connectivity index (χ0n) is 20.2. The zero-order valence-corrected chi connectivity index (χ0v) is 20.2. The number of esters is 1. The maximum absolute atomic E-state index is 12.8. The van der Waals surface area contributed by atoms with Crippen LogP contribution in [0.2, 0.25) is 0 Å². The average molecular weight is 489 g/mol. The number of para-hydroxylation sites is 2. The number of anilines is 1. The van der Waals surface area contributed by atoms with Crippen LogP contribution < -0.4 is 19.7 Å². The molecule has 3 aromatic rings. The summed E-state index contributed by atoms with van der Waals surface area (Å²) in [6, 6.07) is 23.6. The van der Waals surface area contributed by atoms with Crippen molar-refractivity contribution in [3.63, 3.8) is 0 Å². The smallest absolute Gasteiger partial charge is 0.311 e. The number of methoxy groups -OCH3 is 2. The molecule has 4 rings (SSSR count). The SMILES string of the molecule is COc1ccc([C@@H](NC(=O)COC(=O)[C@H]2CC(=O)N(c3ccccc3OC)C2)c2ccccc2)cc1. The number of amides is 2. The summed E-state index contributed by atoms with van der Waals surface area (Å²) < 4.78 is 15.9. The first kappa shape index (κ1) is 24.8. The van der Waals surface area contributed by atoms with Gasteiger partial charge in [-0.1, -0.05) is 54.6 Å². The maximum Gasteiger partial charge on any atom is 0.311 e. The molecule has 0 aromatic heterocycles. The van der Waals surface area contributed by atoms with Crippen LogP contribution in [0.25, 0.3) is 0 Å². The predicted octanol–water partition coefficient (Wildman–Crippen LogP) is 3.51. The van der Waals surface area contributed by atoms with Gasteiger partial charge in [-0.2, -0.15) is 0 Å². The fourth-order valence-electron chi connectivity index (χ4n) is 4.21. The Labute approximate surface area is 209 Å². The molecule has 0 saturated carbocycles. The summed E-state index contributed by atoms with van der Waals surface area (Å²) >= 11 is 0. The third-order valence-electron chi connectivity index (χ3n) is 6.07. The highest BCUT2D eigenvalue weighted by Crippen LogP contribution is 2.33. The summed E-state index contributed by atoms with van der Waals surface area (Å²) in [6.07, 6.45) is 0.0109. The van der Waals surface area contributed by atoms with E-state index >= 15 is 0 Å². The van der Waals surface area contributed by atoms with Gasteiger partial charge >= 0.3 is 5.97 Å². The van der Waals surface area contributed by atoms with Crippen molar-refractivity contribution >= 4 is 23.5 Å². The van der Waals surface area contributed by atoms with Crippen molar-refractivity contribution in [3.8, 4) is 11.5 Å². The molecule has 1 heterocycles. The largest absolute Gasteiger partial charge is 0.497 e. The van der Waals surface area contributed by atoms with Crippen LogP contribution in [-0.4, -0.2) is 45.2 Å². The first-order valence-corrected chi connectivity index (χ1v) is 11.6. The van der Waals surface area contributed by atoms with E-state index in [0.717, 1.165) is 11.1 Å². The van der Waals surface area contributed by atoms with E-state index < -0.39 is 30.4 Å². The molecule has 1 aliphatic rings. The van der Waals surface area contributed by atoms with E-state index in [1.54, 1.807) is 25.3 Å². The summed E-state index contributed by atoms with van der Waals surface area (Å²) in [5.74, 6) is -0.643. The number of rotatable bonds is 9. The van der Waals surface area contributed by atoms with Crippen molar-refractivity contribution < 1.29 is 28.6 Å². The van der Waals surface area contributed by atoms with E-state index in [9.17, 15) is 14.4 Å². The lowest BCUT2D eigenvalue weighted by Crippen LogP contribution is -2.34. The second-order valence-electron chi connectivity index (χ2n) is 8.37. The summed E-state index contributed by atoms with van der Waals surface area (Å²) in [6.45, 7) is -0.282. The molecule has 36 heavy (non-hydrogen) atoms. The van der Waals surface area contributed by atoms with Crippen LogP contribution in [0.4, 0.5) is 5.69 Å². The first-order valence-electron chi connectivity index (χ1n) is 11.6. The van der Waals surface area contributed by atoms with Crippen molar-refractivity contribution in [3.05, 3.63) is 90.0 Å². The summed E-state index contributed by atoms with van der Waals surface area (Å²) in [7, 11) is 3.12. The first-order chi connectivity index (χ1) is 17.5. The lowest BCUT2D eigenvalue weighted by molar-refractivity contribution is -0.152. The van der Waals surface area contributed by atoms with Crippen molar-refractivity contribution in [2.75, 3.05) is 32.3 Å². The molecule has 0 unspecified atom stereocenters. The van der Waals surface area contributed by atoms with E-state index in [-0.39, 0.29) is 18.9 Å². The zero-order chi connectivity index (χ0) is 25.5. The van der Waals surface area contributed by atoms with Crippen molar-refractivity contribution in [2.45, 2.75) is 12.5 Å². The molecule has 8 nitrogen and oxygen atoms in total. The third kappa shape index (κ3) is 5.66. The second kappa shape index (κ2) is 11.4. The molecule has 1 fully saturated rings. The Morgan fingerprint density at radius 3 is 2.28 bits per heavy atom. The molecule has 0 bridgehead atoms. The van der Waals surface area contributed by atoms with Gasteiger partial charge in [-0.3, -0.25) is 14.4 Å². The summed E-state index contributed by atoms with van der Waals surface area (Å²) in [4.78, 5) is 39.6. The molecule has 0 spiro atoms. The van der Waals surface area contributed by atoms with Crippen LogP contribution in [0.1, 0.15) is 23.6 Å². The van der Waals surface area contributed by atoms with Gasteiger partial charge in [0, 0.05) is 13.0 Å². The van der Waals surface area contributed by atoms with Crippen LogP contribution in [0.15, 0.2) is 78.9 Å². The minimum Gasteiger partial charge on any atom is -0.497 e. The van der Waals surface area contributed by atoms with E-state index in [4.69, 9.17) is 14.2 Å². The molecule has 0 aliphatic carbocycles. The molecule has 2 atom stereocenters. The second-order valence-corrected chi connectivity index (χ2v) is 8.37. The number of carbonyl (C=O) groups is 3. The van der Waals surface area contributed by atoms with Crippen LogP contribution in [-0.2, 0) is 19.1 Å². The lowest BCUT2D eigenvalue weighted by Gasteiger charge is -2.21. The Morgan fingerprint density at radius 2 is 1.58 bits per heavy atom. The van der Waals surface area contributed by atoms with Crippen LogP contribution in [0, 0.1) is 5.92 Å². The highest BCUT2D eigenvalue weighted by molar-refractivity contribution is 6.00. The number of carbonyl (C=O) groups excluding carboxylic acids is 3. The normalized spacial score (nSPS) is 15.8. The average Bonchev–Trinajstić information content (AvgIpc) is 3.32. The molecule has 2 amide bonds. The number of hydrogen-bond acceptors (Lipinski definition) is 6. The van der Waals surface area contributed by atoms with Gasteiger partial charge in [-0.25, -0.2) is 0 Å². The molecular formula is C28H28N2O6. The molecule has 1 saturated heterocycles. The van der Waals surface area contributed by atoms with E-state index in [0.29, 0.717) is 17.2 Å². The Morgan fingerprint density at radius 1 is 0.917 bits per heavy atom. The minimum absolute atomic E-state index is 0.0109. The maximum atomic E-state index is 12.8. The molecule has 8 heteroatoms. The van der Waals surface area contributed by atoms with Gasteiger partial charge in [0.15, 0.2) is 6.61 Å². The summed E-state index contributed by atoms with van der Waals surface area (Å²) in [5.41, 5.74) is 2.34. The summed E-state index contributed by atoms with van der Waals surface area (Å²) in [5, 5.41) is 2.94. The fraction of sp³-hybridized carbons (Fsp3) is 0.250. The standard InChI is InChI=1S/C28H28N2O6/c1-34-22-14-12-20(13-15-22)27(19-8-4-3-5-9-19)29-25(31)18-36-28(33)21-16-26(32)30(17-21)23-10-6-7-11-24(23)35-2/h3-15,21,27H,16-18H2,1-2H3,(H,29,31)/t21-,27-/m0/s1. The topological polar surface area (TPSA) is 94.2 Å². The molecule has 186 valence electrons. The van der Waals surface area contributed by atoms with Crippen molar-refractivity contribution in [1.82, 2.24) is 5.32 Å². The molecule has 3 aromatic carbocycles. The monoisotopic (exact) mass is 488 g/mol. The number of ether oxygens (including phenoxy) is 3. The highest BCUT2D eigenvalue weighted by Gasteiger charge is 2.37. The number of nitrogens with one attached hydrogen (secondary N) is 1. The van der Waals surface area contributed by atoms with Gasteiger partial charge in [-0.15, -0.1) is 0 Å². The molecule has 1 aliphatic heterocycles. The van der Waals surface area contributed by atoms with Gasteiger partial charge in [0.05, 0.1) is 31.9 Å². The predicted molar refractivity (Wildman–Crippen MR) is 134 cm³/mol. The van der Waals surface area contributed by atoms with E-state index in [1.807, 2.05) is 60.7 Å². The Bertz CT molecular complexity index is 1210. The van der Waals surface area contributed by atoms with Crippen molar-refractivity contribution in [2.24, 2.45) is 5.92 Å². The Hall–Kier alpha value is -4.33. The number of benzene rings is 3. The molecule has 1 N–H and O–H groups in total. The number of hydrogen-bond donors (Lipinski definition) is 1. The van der Waals surface area contributed by atoms with Crippen LogP contribution in [0.5, 0.6) is 11.5 Å². The van der Waals surface area contributed by atoms with Crippen molar-refractivity contribution in [1.29, 1.82) is 0 Å². The number of nitrogens with zero attached hydrogens (tertiary/aromatic N) is 1. The van der Waals surface area contributed by atoms with E-state index in [2.05, 4.69) is 5.32 Å². The van der Waals surface area contributed by atoms with Gasteiger partial charge in [0.2, 0.25) is 5.91 Å². The fourth-order valence-corrected chi connectivity index (χ4v) is 4.21. The van der Waals surface area contributed by atoms with Gasteiger partial charge in [0.1, 0.15) is 11.5 Å². The Balaban J connectivity index is 1.38. The molecular weight excluding hydrogens is 460 g/mol. The molecule has 0 radical (unpaired) electrons. The quantitative estimate of drug-likeness (QED) is 0.464. The van der Waals surface area contributed by atoms with Gasteiger partial charge in [-0.05, 0) is 35.4 Å². The Kier molecular flexibility index (Phi) is 7.85. The lowest BCUT2D eigenvalue weighted by atomic mass is 9.98. The van der Waals surface area contributed by atoms with Crippen LogP contribution in [0.3, 0.4) is 0 Å².